The molecule has 0 radical (unpaired) electrons. The van der Waals surface area contributed by atoms with Crippen molar-refractivity contribution in [1.29, 1.82) is 0 Å². The number of rotatable bonds is 9. The first-order chi connectivity index (χ1) is 16.0. The van der Waals surface area contributed by atoms with Crippen LogP contribution in [0.2, 0.25) is 0 Å². The lowest BCUT2D eigenvalue weighted by atomic mass is 10.2. The molecule has 2 aromatic carbocycles. The molecule has 1 amide bonds. The van der Waals surface area contributed by atoms with E-state index in [4.69, 9.17) is 21.7 Å². The maximum atomic E-state index is 13.0. The van der Waals surface area contributed by atoms with Crippen molar-refractivity contribution in [2.75, 3.05) is 19.0 Å². The van der Waals surface area contributed by atoms with E-state index in [0.717, 1.165) is 22.3 Å². The highest BCUT2D eigenvalue weighted by Crippen LogP contribution is 2.26. The van der Waals surface area contributed by atoms with Gasteiger partial charge in [-0.2, -0.15) is 0 Å². The number of aromatic nitrogens is 3. The SMILES string of the molecule is CCOc1ccc(NC(=O)CCCCn2c(=S)[nH]c3c([nH]c4ccc(OC)cc43)c2=O)cc1. The molecule has 0 fully saturated rings. The van der Waals surface area contributed by atoms with E-state index in [2.05, 4.69) is 15.3 Å². The van der Waals surface area contributed by atoms with Crippen molar-refractivity contribution >= 4 is 45.7 Å². The summed E-state index contributed by atoms with van der Waals surface area (Å²) >= 11 is 5.45. The fourth-order valence-electron chi connectivity index (χ4n) is 3.77. The van der Waals surface area contributed by atoms with Gasteiger partial charge in [-0.15, -0.1) is 0 Å². The Morgan fingerprint density at radius 1 is 1.06 bits per heavy atom. The summed E-state index contributed by atoms with van der Waals surface area (Å²) in [7, 11) is 1.60. The number of fused-ring (bicyclic) bond motifs is 3. The molecule has 33 heavy (non-hydrogen) atoms. The molecule has 0 aliphatic rings. The van der Waals surface area contributed by atoms with Crippen LogP contribution in [-0.4, -0.2) is 34.2 Å². The van der Waals surface area contributed by atoms with E-state index < -0.39 is 0 Å². The standard InChI is InChI=1S/C24H26N4O4S/c1-3-32-16-9-7-15(8-10-16)25-20(29)6-4-5-13-28-23(30)22-21(27-24(28)33)18-14-17(31-2)11-12-19(18)26-22/h7-12,14,26H,3-6,13H2,1-2H3,(H,25,29)(H,27,33). The summed E-state index contributed by atoms with van der Waals surface area (Å²) in [6.07, 6.45) is 1.63. The highest BCUT2D eigenvalue weighted by Gasteiger charge is 2.12. The van der Waals surface area contributed by atoms with Gasteiger partial charge in [-0.25, -0.2) is 0 Å². The third-order valence-corrected chi connectivity index (χ3v) is 5.75. The zero-order valence-electron chi connectivity index (χ0n) is 18.6. The van der Waals surface area contributed by atoms with Crippen LogP contribution in [-0.2, 0) is 11.3 Å². The van der Waals surface area contributed by atoms with Gasteiger partial charge in [-0.1, -0.05) is 0 Å². The Hall–Kier alpha value is -3.59. The van der Waals surface area contributed by atoms with Gasteiger partial charge >= 0.3 is 0 Å². The summed E-state index contributed by atoms with van der Waals surface area (Å²) in [6, 6.07) is 12.8. The second-order valence-corrected chi connectivity index (χ2v) is 8.02. The van der Waals surface area contributed by atoms with Crippen molar-refractivity contribution in [3.63, 3.8) is 0 Å². The van der Waals surface area contributed by atoms with E-state index in [1.54, 1.807) is 7.11 Å². The molecule has 0 unspecified atom stereocenters. The molecule has 0 saturated heterocycles. The maximum Gasteiger partial charge on any atom is 0.278 e. The Kier molecular flexibility index (Phi) is 6.79. The Morgan fingerprint density at radius 2 is 1.82 bits per heavy atom. The predicted molar refractivity (Wildman–Crippen MR) is 132 cm³/mol. The quantitative estimate of drug-likeness (QED) is 0.244. The highest BCUT2D eigenvalue weighted by molar-refractivity contribution is 7.71. The summed E-state index contributed by atoms with van der Waals surface area (Å²) in [5, 5.41) is 3.73. The number of H-pyrrole nitrogens is 2. The fourth-order valence-corrected chi connectivity index (χ4v) is 4.05. The molecule has 2 aromatic heterocycles. The van der Waals surface area contributed by atoms with Crippen molar-refractivity contribution in [2.45, 2.75) is 32.7 Å². The van der Waals surface area contributed by atoms with Crippen molar-refractivity contribution < 1.29 is 14.3 Å². The van der Waals surface area contributed by atoms with Crippen LogP contribution in [0.15, 0.2) is 47.3 Å². The van der Waals surface area contributed by atoms with Gasteiger partial charge in [0, 0.05) is 29.6 Å². The molecule has 2 heterocycles. The number of hydrogen-bond acceptors (Lipinski definition) is 5. The molecule has 4 rings (SSSR count). The minimum Gasteiger partial charge on any atom is -0.497 e. The molecular weight excluding hydrogens is 440 g/mol. The summed E-state index contributed by atoms with van der Waals surface area (Å²) < 4.78 is 12.6. The third kappa shape index (κ3) is 4.93. The molecule has 4 aromatic rings. The number of nitrogens with zero attached hydrogens (tertiary/aromatic N) is 1. The number of unbranched alkanes of at least 4 members (excludes halogenated alkanes) is 1. The topological polar surface area (TPSA) is 101 Å². The van der Waals surface area contributed by atoms with Crippen LogP contribution in [0.5, 0.6) is 11.5 Å². The molecule has 3 N–H and O–H groups in total. The summed E-state index contributed by atoms with van der Waals surface area (Å²) in [5.74, 6) is 1.40. The number of benzene rings is 2. The maximum absolute atomic E-state index is 13.0. The molecule has 0 atom stereocenters. The molecule has 172 valence electrons. The van der Waals surface area contributed by atoms with Crippen molar-refractivity contribution in [2.24, 2.45) is 0 Å². The normalized spacial score (nSPS) is 11.1. The minimum atomic E-state index is -0.178. The van der Waals surface area contributed by atoms with E-state index in [1.807, 2.05) is 49.4 Å². The van der Waals surface area contributed by atoms with Crippen LogP contribution >= 0.6 is 12.2 Å². The first-order valence-corrected chi connectivity index (χ1v) is 11.3. The van der Waals surface area contributed by atoms with E-state index in [1.165, 1.54) is 4.57 Å². The van der Waals surface area contributed by atoms with Gasteiger partial charge in [-0.05, 0) is 74.4 Å². The van der Waals surface area contributed by atoms with Crippen molar-refractivity contribution in [1.82, 2.24) is 14.5 Å². The largest absolute Gasteiger partial charge is 0.497 e. The lowest BCUT2D eigenvalue weighted by molar-refractivity contribution is -0.116. The summed E-state index contributed by atoms with van der Waals surface area (Å²) in [4.78, 5) is 31.6. The van der Waals surface area contributed by atoms with Gasteiger partial charge in [0.1, 0.15) is 17.0 Å². The number of anilines is 1. The van der Waals surface area contributed by atoms with Crippen LogP contribution in [0.25, 0.3) is 21.9 Å². The van der Waals surface area contributed by atoms with Crippen LogP contribution < -0.4 is 20.3 Å². The zero-order chi connectivity index (χ0) is 23.4. The number of nitrogens with one attached hydrogen (secondary N) is 3. The van der Waals surface area contributed by atoms with Crippen LogP contribution in [0.3, 0.4) is 0 Å². The zero-order valence-corrected chi connectivity index (χ0v) is 19.4. The Bertz CT molecular complexity index is 1400. The minimum absolute atomic E-state index is 0.0725. The lowest BCUT2D eigenvalue weighted by Gasteiger charge is -2.08. The van der Waals surface area contributed by atoms with Crippen molar-refractivity contribution in [3.8, 4) is 11.5 Å². The molecular formula is C24H26N4O4S. The van der Waals surface area contributed by atoms with Gasteiger partial charge in [0.05, 0.1) is 19.2 Å². The van der Waals surface area contributed by atoms with E-state index >= 15 is 0 Å². The average Bonchev–Trinajstić information content (AvgIpc) is 3.17. The Balaban J connectivity index is 1.39. The second-order valence-electron chi connectivity index (χ2n) is 7.64. The number of aromatic amines is 2. The number of ether oxygens (including phenoxy) is 2. The second kappa shape index (κ2) is 9.91. The summed E-state index contributed by atoms with van der Waals surface area (Å²) in [6.45, 7) is 2.95. The average molecular weight is 467 g/mol. The number of carbonyl (C=O) groups is 1. The van der Waals surface area contributed by atoms with Gasteiger partial charge in [0.25, 0.3) is 5.56 Å². The lowest BCUT2D eigenvalue weighted by Crippen LogP contribution is -2.22. The molecule has 8 nitrogen and oxygen atoms in total. The van der Waals surface area contributed by atoms with E-state index in [0.29, 0.717) is 54.0 Å². The van der Waals surface area contributed by atoms with Gasteiger partial charge < -0.3 is 24.8 Å². The number of hydrogen-bond donors (Lipinski definition) is 3. The first kappa shape index (κ1) is 22.6. The molecule has 9 heteroatoms. The van der Waals surface area contributed by atoms with E-state index in [-0.39, 0.29) is 11.5 Å². The van der Waals surface area contributed by atoms with Gasteiger partial charge in [-0.3, -0.25) is 14.2 Å². The smallest absolute Gasteiger partial charge is 0.278 e. The molecule has 0 aliphatic carbocycles. The number of methoxy groups -OCH3 is 1. The molecule has 0 bridgehead atoms. The van der Waals surface area contributed by atoms with Crippen LogP contribution in [0.1, 0.15) is 26.2 Å². The Morgan fingerprint density at radius 3 is 2.55 bits per heavy atom. The molecule has 0 spiro atoms. The highest BCUT2D eigenvalue weighted by atomic mass is 32.1. The molecule has 0 aliphatic heterocycles. The molecule has 0 saturated carbocycles. The Labute approximate surface area is 195 Å². The monoisotopic (exact) mass is 466 g/mol. The summed E-state index contributed by atoms with van der Waals surface area (Å²) in [5.41, 5.74) is 2.52. The van der Waals surface area contributed by atoms with Gasteiger partial charge in [0.2, 0.25) is 5.91 Å². The number of carbonyl (C=O) groups excluding carboxylic acids is 1. The number of amides is 1. The van der Waals surface area contributed by atoms with Crippen molar-refractivity contribution in [3.05, 3.63) is 57.6 Å². The van der Waals surface area contributed by atoms with Gasteiger partial charge in [0.15, 0.2) is 4.77 Å². The third-order valence-electron chi connectivity index (χ3n) is 5.43. The van der Waals surface area contributed by atoms with E-state index in [9.17, 15) is 9.59 Å². The van der Waals surface area contributed by atoms with Crippen LogP contribution in [0, 0.1) is 4.77 Å². The van der Waals surface area contributed by atoms with Crippen LogP contribution in [0.4, 0.5) is 5.69 Å². The predicted octanol–water partition coefficient (Wildman–Crippen LogP) is 4.76. The first-order valence-electron chi connectivity index (χ1n) is 10.9. The fraction of sp³-hybridized carbons (Fsp3) is 0.292.